The lowest BCUT2D eigenvalue weighted by atomic mass is 10.1. The Balaban J connectivity index is 2.12. The third kappa shape index (κ3) is 1.62. The largest absolute Gasteiger partial charge is 0.391 e. The van der Waals surface area contributed by atoms with Crippen LogP contribution in [-0.4, -0.2) is 34.5 Å². The quantitative estimate of drug-likeness (QED) is 0.673. The lowest BCUT2D eigenvalue weighted by Gasteiger charge is -2.14. The number of β-amino-alcohol motifs (C(OH)–C–C–N with tert-alkyl or cyclic N) is 1. The molecule has 0 radical (unpaired) electrons. The molecule has 2 heterocycles. The molecule has 0 amide bonds. The third-order valence-electron chi connectivity index (χ3n) is 2.45. The molecule has 13 heavy (non-hydrogen) atoms. The van der Waals surface area contributed by atoms with Gasteiger partial charge in [-0.05, 0) is 12.1 Å². The number of aromatic nitrogens is 2. The highest BCUT2D eigenvalue weighted by Gasteiger charge is 2.28. The Bertz CT molecular complexity index is 267. The minimum absolute atomic E-state index is 0.234. The molecule has 1 N–H and O–H groups in total. The zero-order valence-corrected chi connectivity index (χ0v) is 7.59. The van der Waals surface area contributed by atoms with Crippen LogP contribution in [0.15, 0.2) is 18.3 Å². The van der Waals surface area contributed by atoms with Crippen LogP contribution >= 0.6 is 0 Å². The number of aliphatic hydroxyl groups excluding tert-OH is 1. The summed E-state index contributed by atoms with van der Waals surface area (Å²) in [6, 6.07) is 3.77. The Kier molecular flexibility index (Phi) is 2.14. The molecule has 1 aromatic rings. The minimum atomic E-state index is -0.234. The zero-order chi connectivity index (χ0) is 9.26. The van der Waals surface area contributed by atoms with Crippen LogP contribution in [0.3, 0.4) is 0 Å². The first-order valence-corrected chi connectivity index (χ1v) is 4.48. The van der Waals surface area contributed by atoms with E-state index in [1.54, 1.807) is 6.20 Å². The van der Waals surface area contributed by atoms with Crippen LogP contribution in [0, 0.1) is 5.92 Å². The Morgan fingerprint density at radius 1 is 1.54 bits per heavy atom. The van der Waals surface area contributed by atoms with E-state index in [9.17, 15) is 5.11 Å². The highest BCUT2D eigenvalue weighted by atomic mass is 16.3. The van der Waals surface area contributed by atoms with E-state index in [4.69, 9.17) is 0 Å². The van der Waals surface area contributed by atoms with Crippen molar-refractivity contribution in [2.45, 2.75) is 13.0 Å². The summed E-state index contributed by atoms with van der Waals surface area (Å²) in [4.78, 5) is 2.06. The summed E-state index contributed by atoms with van der Waals surface area (Å²) in [6.45, 7) is 3.57. The van der Waals surface area contributed by atoms with Crippen LogP contribution in [0.4, 0.5) is 5.82 Å². The first-order chi connectivity index (χ1) is 6.27. The summed E-state index contributed by atoms with van der Waals surface area (Å²) in [5, 5.41) is 17.3. The molecule has 0 unspecified atom stereocenters. The van der Waals surface area contributed by atoms with Gasteiger partial charge in [-0.1, -0.05) is 6.92 Å². The highest BCUT2D eigenvalue weighted by molar-refractivity contribution is 5.38. The van der Waals surface area contributed by atoms with E-state index in [0.29, 0.717) is 12.5 Å². The monoisotopic (exact) mass is 179 g/mol. The predicted octanol–water partition coefficient (Wildman–Crippen LogP) is 0.294. The van der Waals surface area contributed by atoms with E-state index in [1.807, 2.05) is 19.1 Å². The topological polar surface area (TPSA) is 49.2 Å². The maximum absolute atomic E-state index is 9.54. The van der Waals surface area contributed by atoms with Crippen molar-refractivity contribution in [3.05, 3.63) is 18.3 Å². The van der Waals surface area contributed by atoms with Crippen molar-refractivity contribution in [2.75, 3.05) is 18.0 Å². The Hall–Kier alpha value is -1.16. The Morgan fingerprint density at radius 3 is 2.92 bits per heavy atom. The molecule has 2 atom stereocenters. The molecule has 0 aromatic carbocycles. The molecular formula is C9H13N3O. The van der Waals surface area contributed by atoms with Crippen molar-refractivity contribution >= 4 is 5.82 Å². The molecule has 1 aliphatic heterocycles. The number of hydrogen-bond donors (Lipinski definition) is 1. The first-order valence-electron chi connectivity index (χ1n) is 4.48. The van der Waals surface area contributed by atoms with Gasteiger partial charge in [0.15, 0.2) is 5.82 Å². The van der Waals surface area contributed by atoms with Crippen LogP contribution in [0.1, 0.15) is 6.92 Å². The smallest absolute Gasteiger partial charge is 0.151 e. The standard InChI is InChI=1S/C9H13N3O/c1-7-5-12(6-8(7)13)9-3-2-4-10-11-9/h2-4,7-8,13H,5-6H2,1H3/t7-,8+/m1/s1. The average Bonchev–Trinajstić information content (AvgIpc) is 2.49. The summed E-state index contributed by atoms with van der Waals surface area (Å²) >= 11 is 0. The fourth-order valence-electron chi connectivity index (χ4n) is 1.60. The summed E-state index contributed by atoms with van der Waals surface area (Å²) < 4.78 is 0. The molecule has 70 valence electrons. The molecule has 4 heteroatoms. The van der Waals surface area contributed by atoms with Crippen molar-refractivity contribution in [1.29, 1.82) is 0 Å². The molecule has 0 spiro atoms. The van der Waals surface area contributed by atoms with Gasteiger partial charge >= 0.3 is 0 Å². The summed E-state index contributed by atoms with van der Waals surface area (Å²) in [7, 11) is 0. The fourth-order valence-corrected chi connectivity index (χ4v) is 1.60. The second-order valence-electron chi connectivity index (χ2n) is 3.53. The van der Waals surface area contributed by atoms with E-state index in [-0.39, 0.29) is 6.10 Å². The van der Waals surface area contributed by atoms with Gasteiger partial charge in [0.2, 0.25) is 0 Å². The Labute approximate surface area is 77.2 Å². The minimum Gasteiger partial charge on any atom is -0.391 e. The molecule has 1 aliphatic rings. The van der Waals surface area contributed by atoms with Gasteiger partial charge < -0.3 is 10.0 Å². The van der Waals surface area contributed by atoms with Gasteiger partial charge in [-0.2, -0.15) is 5.10 Å². The van der Waals surface area contributed by atoms with Gasteiger partial charge in [-0.15, -0.1) is 5.10 Å². The predicted molar refractivity (Wildman–Crippen MR) is 49.4 cm³/mol. The van der Waals surface area contributed by atoms with Crippen molar-refractivity contribution in [1.82, 2.24) is 10.2 Å². The van der Waals surface area contributed by atoms with E-state index < -0.39 is 0 Å². The van der Waals surface area contributed by atoms with Crippen molar-refractivity contribution in [3.63, 3.8) is 0 Å². The van der Waals surface area contributed by atoms with Gasteiger partial charge in [0.25, 0.3) is 0 Å². The van der Waals surface area contributed by atoms with Crippen LogP contribution < -0.4 is 4.90 Å². The molecule has 0 bridgehead atoms. The lowest BCUT2D eigenvalue weighted by Crippen LogP contribution is -2.22. The number of rotatable bonds is 1. The molecule has 4 nitrogen and oxygen atoms in total. The van der Waals surface area contributed by atoms with E-state index >= 15 is 0 Å². The van der Waals surface area contributed by atoms with Crippen LogP contribution in [0.2, 0.25) is 0 Å². The third-order valence-corrected chi connectivity index (χ3v) is 2.45. The van der Waals surface area contributed by atoms with Crippen LogP contribution in [0.25, 0.3) is 0 Å². The molecule has 2 rings (SSSR count). The van der Waals surface area contributed by atoms with Gasteiger partial charge in [0.1, 0.15) is 0 Å². The molecule has 1 fully saturated rings. The van der Waals surface area contributed by atoms with Gasteiger partial charge in [0, 0.05) is 25.2 Å². The van der Waals surface area contributed by atoms with E-state index in [2.05, 4.69) is 15.1 Å². The van der Waals surface area contributed by atoms with Crippen molar-refractivity contribution in [3.8, 4) is 0 Å². The number of aliphatic hydroxyl groups is 1. The summed E-state index contributed by atoms with van der Waals surface area (Å²) in [6.07, 6.45) is 1.42. The van der Waals surface area contributed by atoms with Crippen molar-refractivity contribution in [2.24, 2.45) is 5.92 Å². The van der Waals surface area contributed by atoms with Crippen molar-refractivity contribution < 1.29 is 5.11 Å². The van der Waals surface area contributed by atoms with Crippen LogP contribution in [0.5, 0.6) is 0 Å². The number of hydrogen-bond acceptors (Lipinski definition) is 4. The molecule has 0 saturated carbocycles. The van der Waals surface area contributed by atoms with Gasteiger partial charge in [-0.3, -0.25) is 0 Å². The number of nitrogens with zero attached hydrogens (tertiary/aromatic N) is 3. The molecular weight excluding hydrogens is 166 g/mol. The SMILES string of the molecule is C[C@@H]1CN(c2cccnn2)C[C@@H]1O. The van der Waals surface area contributed by atoms with Crippen LogP contribution in [-0.2, 0) is 0 Å². The molecule has 0 aliphatic carbocycles. The Morgan fingerprint density at radius 2 is 2.38 bits per heavy atom. The summed E-state index contributed by atoms with van der Waals surface area (Å²) in [5.74, 6) is 1.17. The second kappa shape index (κ2) is 3.30. The maximum atomic E-state index is 9.54. The lowest BCUT2D eigenvalue weighted by molar-refractivity contribution is 0.157. The van der Waals surface area contributed by atoms with Gasteiger partial charge in [0.05, 0.1) is 6.10 Å². The van der Waals surface area contributed by atoms with E-state index in [1.165, 1.54) is 0 Å². The highest BCUT2D eigenvalue weighted by Crippen LogP contribution is 2.20. The van der Waals surface area contributed by atoms with E-state index in [0.717, 1.165) is 12.4 Å². The molecule has 1 aromatic heterocycles. The fraction of sp³-hybridized carbons (Fsp3) is 0.556. The van der Waals surface area contributed by atoms with Gasteiger partial charge in [-0.25, -0.2) is 0 Å². The summed E-state index contributed by atoms with van der Waals surface area (Å²) in [5.41, 5.74) is 0. The zero-order valence-electron chi connectivity index (χ0n) is 7.59. The normalized spacial score (nSPS) is 28.0. The maximum Gasteiger partial charge on any atom is 0.151 e. The average molecular weight is 179 g/mol. The number of anilines is 1. The second-order valence-corrected chi connectivity index (χ2v) is 3.53. The first kappa shape index (κ1) is 8.44. The molecule has 1 saturated heterocycles.